The Hall–Kier alpha value is -0.570. The number of nitrogens with zero attached hydrogens (tertiary/aromatic N) is 1. The van der Waals surface area contributed by atoms with Crippen molar-refractivity contribution in [3.63, 3.8) is 0 Å². The monoisotopic (exact) mass is 200 g/mol. The minimum absolute atomic E-state index is 0.0761. The van der Waals surface area contributed by atoms with E-state index in [1.165, 1.54) is 0 Å². The van der Waals surface area contributed by atoms with Gasteiger partial charge in [-0.05, 0) is 12.3 Å². The lowest BCUT2D eigenvalue weighted by atomic mass is 10.1. The molecule has 0 rings (SSSR count). The molecule has 0 aliphatic carbocycles. The summed E-state index contributed by atoms with van der Waals surface area (Å²) in [6.07, 6.45) is 2.93. The molecule has 1 atom stereocenters. The predicted octanol–water partition coefficient (Wildman–Crippen LogP) is 1.62. The number of likely N-dealkylation sites (N-methyl/N-ethyl adjacent to an activating group) is 1. The standard InChI is InChI=1S/C11H24N2O/c1-5-6-7-10(12)11(14)13(4)8-9(2)3/h9-10H,5-8,12H2,1-4H3/t10-/m0/s1. The molecule has 14 heavy (non-hydrogen) atoms. The summed E-state index contributed by atoms with van der Waals surface area (Å²) < 4.78 is 0. The van der Waals surface area contributed by atoms with E-state index in [2.05, 4.69) is 20.8 Å². The van der Waals surface area contributed by atoms with Gasteiger partial charge in [0.05, 0.1) is 6.04 Å². The number of hydrogen-bond acceptors (Lipinski definition) is 2. The third-order valence-corrected chi connectivity index (χ3v) is 2.20. The molecule has 84 valence electrons. The first-order valence-electron chi connectivity index (χ1n) is 5.49. The van der Waals surface area contributed by atoms with Crippen molar-refractivity contribution in [2.24, 2.45) is 11.7 Å². The van der Waals surface area contributed by atoms with Gasteiger partial charge in [0.15, 0.2) is 0 Å². The van der Waals surface area contributed by atoms with Gasteiger partial charge in [-0.1, -0.05) is 33.6 Å². The topological polar surface area (TPSA) is 46.3 Å². The number of amides is 1. The van der Waals surface area contributed by atoms with Crippen molar-refractivity contribution in [1.29, 1.82) is 0 Å². The summed E-state index contributed by atoms with van der Waals surface area (Å²) in [7, 11) is 1.83. The van der Waals surface area contributed by atoms with Crippen LogP contribution in [0.5, 0.6) is 0 Å². The number of carbonyl (C=O) groups excluding carboxylic acids is 1. The summed E-state index contributed by atoms with van der Waals surface area (Å²) in [4.78, 5) is 13.4. The summed E-state index contributed by atoms with van der Waals surface area (Å²) in [6.45, 7) is 7.09. The van der Waals surface area contributed by atoms with Crippen LogP contribution in [0.4, 0.5) is 0 Å². The van der Waals surface area contributed by atoms with Crippen LogP contribution in [0.3, 0.4) is 0 Å². The minimum atomic E-state index is -0.307. The average Bonchev–Trinajstić information content (AvgIpc) is 2.11. The first-order chi connectivity index (χ1) is 6.49. The second-order valence-corrected chi connectivity index (χ2v) is 4.36. The number of carbonyl (C=O) groups is 1. The molecule has 3 nitrogen and oxygen atoms in total. The molecule has 0 spiro atoms. The van der Waals surface area contributed by atoms with E-state index < -0.39 is 0 Å². The van der Waals surface area contributed by atoms with Gasteiger partial charge in [0.2, 0.25) is 5.91 Å². The normalized spacial score (nSPS) is 13.0. The summed E-state index contributed by atoms with van der Waals surface area (Å²) in [5.41, 5.74) is 5.79. The third-order valence-electron chi connectivity index (χ3n) is 2.20. The van der Waals surface area contributed by atoms with Gasteiger partial charge in [-0.15, -0.1) is 0 Å². The van der Waals surface area contributed by atoms with E-state index in [-0.39, 0.29) is 11.9 Å². The van der Waals surface area contributed by atoms with E-state index in [1.807, 2.05) is 7.05 Å². The second kappa shape index (κ2) is 6.82. The molecule has 0 aliphatic rings. The fraction of sp³-hybridized carbons (Fsp3) is 0.909. The number of unbranched alkanes of at least 4 members (excludes halogenated alkanes) is 1. The molecule has 3 heteroatoms. The number of nitrogens with two attached hydrogens (primary N) is 1. The molecule has 1 amide bonds. The largest absolute Gasteiger partial charge is 0.344 e. The van der Waals surface area contributed by atoms with Crippen LogP contribution in [0.2, 0.25) is 0 Å². The highest BCUT2D eigenvalue weighted by molar-refractivity contribution is 5.81. The van der Waals surface area contributed by atoms with Gasteiger partial charge < -0.3 is 10.6 Å². The molecule has 0 saturated carbocycles. The average molecular weight is 200 g/mol. The van der Waals surface area contributed by atoms with E-state index in [0.29, 0.717) is 5.92 Å². The molecule has 0 aliphatic heterocycles. The highest BCUT2D eigenvalue weighted by atomic mass is 16.2. The van der Waals surface area contributed by atoms with Crippen LogP contribution < -0.4 is 5.73 Å². The minimum Gasteiger partial charge on any atom is -0.344 e. The molecule has 0 unspecified atom stereocenters. The lowest BCUT2D eigenvalue weighted by Gasteiger charge is -2.22. The molecular formula is C11H24N2O. The van der Waals surface area contributed by atoms with E-state index in [1.54, 1.807) is 4.90 Å². The Morgan fingerprint density at radius 3 is 2.43 bits per heavy atom. The van der Waals surface area contributed by atoms with E-state index >= 15 is 0 Å². The van der Waals surface area contributed by atoms with Crippen LogP contribution in [0.1, 0.15) is 40.0 Å². The van der Waals surface area contributed by atoms with Crippen molar-refractivity contribution >= 4 is 5.91 Å². The van der Waals surface area contributed by atoms with Crippen molar-refractivity contribution in [3.05, 3.63) is 0 Å². The Bertz CT molecular complexity index is 169. The molecule has 0 bridgehead atoms. The van der Waals surface area contributed by atoms with Crippen LogP contribution in [-0.4, -0.2) is 30.4 Å². The maximum Gasteiger partial charge on any atom is 0.239 e. The predicted molar refractivity (Wildman–Crippen MR) is 60.0 cm³/mol. The Balaban J connectivity index is 3.91. The highest BCUT2D eigenvalue weighted by Gasteiger charge is 2.17. The van der Waals surface area contributed by atoms with Gasteiger partial charge in [-0.3, -0.25) is 4.79 Å². The van der Waals surface area contributed by atoms with Crippen molar-refractivity contribution in [2.45, 2.75) is 46.1 Å². The van der Waals surface area contributed by atoms with Crippen LogP contribution in [-0.2, 0) is 4.79 Å². The van der Waals surface area contributed by atoms with Gasteiger partial charge in [0.1, 0.15) is 0 Å². The lowest BCUT2D eigenvalue weighted by Crippen LogP contribution is -2.43. The third kappa shape index (κ3) is 5.22. The van der Waals surface area contributed by atoms with Gasteiger partial charge in [-0.2, -0.15) is 0 Å². The first kappa shape index (κ1) is 13.4. The van der Waals surface area contributed by atoms with E-state index in [0.717, 1.165) is 25.8 Å². The van der Waals surface area contributed by atoms with E-state index in [4.69, 9.17) is 5.73 Å². The van der Waals surface area contributed by atoms with Gasteiger partial charge >= 0.3 is 0 Å². The zero-order valence-corrected chi connectivity index (χ0v) is 9.92. The molecule has 0 radical (unpaired) electrons. The molecule has 0 aromatic heterocycles. The molecule has 2 N–H and O–H groups in total. The maximum atomic E-state index is 11.7. The van der Waals surface area contributed by atoms with Crippen molar-refractivity contribution < 1.29 is 4.79 Å². The van der Waals surface area contributed by atoms with Gasteiger partial charge in [-0.25, -0.2) is 0 Å². The molecule has 0 aromatic carbocycles. The Kier molecular flexibility index (Phi) is 6.54. The number of rotatable bonds is 6. The van der Waals surface area contributed by atoms with Crippen LogP contribution >= 0.6 is 0 Å². The van der Waals surface area contributed by atoms with Crippen LogP contribution in [0.25, 0.3) is 0 Å². The highest BCUT2D eigenvalue weighted by Crippen LogP contribution is 2.03. The van der Waals surface area contributed by atoms with Crippen molar-refractivity contribution in [1.82, 2.24) is 4.90 Å². The molecule has 0 saturated heterocycles. The second-order valence-electron chi connectivity index (χ2n) is 4.36. The summed E-state index contributed by atoms with van der Waals surface area (Å²) >= 11 is 0. The number of hydrogen-bond donors (Lipinski definition) is 1. The van der Waals surface area contributed by atoms with Crippen LogP contribution in [0, 0.1) is 5.92 Å². The van der Waals surface area contributed by atoms with Gasteiger partial charge in [0.25, 0.3) is 0 Å². The Morgan fingerprint density at radius 2 is 2.00 bits per heavy atom. The lowest BCUT2D eigenvalue weighted by molar-refractivity contribution is -0.131. The fourth-order valence-corrected chi connectivity index (χ4v) is 1.47. The molecule has 0 fully saturated rings. The van der Waals surface area contributed by atoms with Crippen molar-refractivity contribution in [3.8, 4) is 0 Å². The maximum absolute atomic E-state index is 11.7. The quantitative estimate of drug-likeness (QED) is 0.708. The zero-order chi connectivity index (χ0) is 11.1. The molecule has 0 aromatic rings. The summed E-state index contributed by atoms with van der Waals surface area (Å²) in [5, 5.41) is 0. The Morgan fingerprint density at radius 1 is 1.43 bits per heavy atom. The smallest absolute Gasteiger partial charge is 0.239 e. The molecular weight excluding hydrogens is 176 g/mol. The first-order valence-corrected chi connectivity index (χ1v) is 5.49. The summed E-state index contributed by atoms with van der Waals surface area (Å²) in [6, 6.07) is -0.307. The summed E-state index contributed by atoms with van der Waals surface area (Å²) in [5.74, 6) is 0.578. The fourth-order valence-electron chi connectivity index (χ4n) is 1.47. The zero-order valence-electron chi connectivity index (χ0n) is 9.92. The molecule has 0 heterocycles. The van der Waals surface area contributed by atoms with Gasteiger partial charge in [0, 0.05) is 13.6 Å². The van der Waals surface area contributed by atoms with Crippen LogP contribution in [0.15, 0.2) is 0 Å². The Labute approximate surface area is 87.6 Å². The van der Waals surface area contributed by atoms with E-state index in [9.17, 15) is 4.79 Å². The SMILES string of the molecule is CCCC[C@H](N)C(=O)N(C)CC(C)C. The van der Waals surface area contributed by atoms with Crippen molar-refractivity contribution in [2.75, 3.05) is 13.6 Å².